The number of rotatable bonds is 9. The van der Waals surface area contributed by atoms with E-state index in [-0.39, 0.29) is 19.8 Å². The van der Waals surface area contributed by atoms with E-state index in [1.807, 2.05) is 0 Å². The van der Waals surface area contributed by atoms with E-state index in [2.05, 4.69) is 0 Å². The van der Waals surface area contributed by atoms with Gasteiger partial charge in [0.25, 0.3) is 0 Å². The smallest absolute Gasteiger partial charge is 0.328 e. The molecule has 0 atom stereocenters. The summed E-state index contributed by atoms with van der Waals surface area (Å²) < 4.78 is 0. The summed E-state index contributed by atoms with van der Waals surface area (Å²) in [6, 6.07) is 0. The van der Waals surface area contributed by atoms with Gasteiger partial charge < -0.3 is 35.2 Å². The number of nitrogens with one attached hydrogen (secondary N) is 1. The highest BCUT2D eigenvalue weighted by atomic mass is 16.4. The SMILES string of the molecule is O=C([O-])/C=C/C=C/C(=O)O.OCC[NH+](CCO)CCO. The van der Waals surface area contributed by atoms with Crippen LogP contribution in [-0.4, -0.2) is 71.8 Å². The van der Waals surface area contributed by atoms with Gasteiger partial charge in [0.05, 0.1) is 25.8 Å². The van der Waals surface area contributed by atoms with Crippen LogP contribution in [0.4, 0.5) is 0 Å². The molecular weight excluding hydrogens is 270 g/mol. The normalized spacial score (nSPS) is 10.8. The van der Waals surface area contributed by atoms with E-state index in [9.17, 15) is 14.7 Å². The number of hydrogen-bond acceptors (Lipinski definition) is 6. The molecule has 0 aliphatic rings. The molecule has 0 saturated heterocycles. The van der Waals surface area contributed by atoms with Crippen LogP contribution in [0.2, 0.25) is 0 Å². The van der Waals surface area contributed by atoms with Gasteiger partial charge in [-0.15, -0.1) is 0 Å². The van der Waals surface area contributed by atoms with E-state index >= 15 is 0 Å². The number of carbonyl (C=O) groups is 2. The lowest BCUT2D eigenvalue weighted by Crippen LogP contribution is -3.13. The van der Waals surface area contributed by atoms with Gasteiger partial charge in [0, 0.05) is 6.08 Å². The van der Waals surface area contributed by atoms with Gasteiger partial charge >= 0.3 is 5.97 Å². The Morgan fingerprint density at radius 2 is 1.30 bits per heavy atom. The van der Waals surface area contributed by atoms with E-state index in [4.69, 9.17) is 20.4 Å². The van der Waals surface area contributed by atoms with Crippen molar-refractivity contribution in [3.05, 3.63) is 24.3 Å². The molecule has 116 valence electrons. The van der Waals surface area contributed by atoms with Crippen LogP contribution in [0.5, 0.6) is 0 Å². The number of aliphatic hydroxyl groups is 3. The van der Waals surface area contributed by atoms with Crippen LogP contribution in [-0.2, 0) is 9.59 Å². The van der Waals surface area contributed by atoms with Crippen LogP contribution in [0.1, 0.15) is 0 Å². The number of carboxylic acid groups (broad SMARTS) is 2. The summed E-state index contributed by atoms with van der Waals surface area (Å²) in [5.74, 6) is -2.47. The second-order valence-electron chi connectivity index (χ2n) is 3.55. The highest BCUT2D eigenvalue weighted by Crippen LogP contribution is 1.75. The molecule has 0 saturated carbocycles. The summed E-state index contributed by atoms with van der Waals surface area (Å²) in [6.07, 6.45) is 3.72. The number of allylic oxidation sites excluding steroid dienone is 2. The first kappa shape index (κ1) is 20.6. The molecule has 0 aliphatic heterocycles. The van der Waals surface area contributed by atoms with Gasteiger partial charge in [-0.1, -0.05) is 12.2 Å². The van der Waals surface area contributed by atoms with E-state index < -0.39 is 11.9 Å². The number of carbonyl (C=O) groups excluding carboxylic acids is 1. The summed E-state index contributed by atoms with van der Waals surface area (Å²) >= 11 is 0. The minimum absolute atomic E-state index is 0.106. The average molecular weight is 291 g/mol. The Morgan fingerprint density at radius 1 is 0.900 bits per heavy atom. The molecule has 0 aromatic rings. The predicted molar refractivity (Wildman–Crippen MR) is 67.7 cm³/mol. The molecular formula is C12H21NO7. The second kappa shape index (κ2) is 15.3. The third kappa shape index (κ3) is 18.6. The Labute approximate surface area is 116 Å². The van der Waals surface area contributed by atoms with Gasteiger partial charge in [0.2, 0.25) is 0 Å². The number of quaternary nitrogens is 1. The highest BCUT2D eigenvalue weighted by molar-refractivity contribution is 5.81. The molecule has 0 aromatic heterocycles. The molecule has 0 rings (SSSR count). The molecule has 0 amide bonds. The van der Waals surface area contributed by atoms with Crippen molar-refractivity contribution in [2.24, 2.45) is 0 Å². The van der Waals surface area contributed by atoms with Gasteiger partial charge in [0.1, 0.15) is 19.6 Å². The zero-order valence-corrected chi connectivity index (χ0v) is 11.1. The number of carboxylic acids is 2. The fourth-order valence-electron chi connectivity index (χ4n) is 1.12. The van der Waals surface area contributed by atoms with Crippen molar-refractivity contribution in [1.29, 1.82) is 0 Å². The van der Waals surface area contributed by atoms with Crippen molar-refractivity contribution in [3.63, 3.8) is 0 Å². The Hall–Kier alpha value is -1.74. The largest absolute Gasteiger partial charge is 0.545 e. The molecule has 8 nitrogen and oxygen atoms in total. The Kier molecular flexibility index (Phi) is 15.8. The minimum Gasteiger partial charge on any atom is -0.545 e. The third-order valence-electron chi connectivity index (χ3n) is 1.98. The number of hydrogen-bond donors (Lipinski definition) is 5. The Morgan fingerprint density at radius 3 is 1.60 bits per heavy atom. The first-order chi connectivity index (χ1) is 9.47. The predicted octanol–water partition coefficient (Wildman–Crippen LogP) is -4.22. The molecule has 0 fully saturated rings. The summed E-state index contributed by atoms with van der Waals surface area (Å²) in [4.78, 5) is 20.5. The van der Waals surface area contributed by atoms with Crippen LogP contribution < -0.4 is 10.0 Å². The molecule has 0 radical (unpaired) electrons. The first-order valence-corrected chi connectivity index (χ1v) is 5.92. The van der Waals surface area contributed by atoms with Crippen LogP contribution in [0.25, 0.3) is 0 Å². The zero-order valence-electron chi connectivity index (χ0n) is 11.1. The van der Waals surface area contributed by atoms with Gasteiger partial charge in [-0.05, 0) is 6.08 Å². The van der Waals surface area contributed by atoms with Crippen molar-refractivity contribution < 1.29 is 40.0 Å². The summed E-state index contributed by atoms with van der Waals surface area (Å²) in [7, 11) is 0. The molecule has 0 heterocycles. The molecule has 0 bridgehead atoms. The van der Waals surface area contributed by atoms with Crippen molar-refractivity contribution >= 4 is 11.9 Å². The quantitative estimate of drug-likeness (QED) is 0.214. The number of aliphatic hydroxyl groups excluding tert-OH is 3. The van der Waals surface area contributed by atoms with Crippen LogP contribution in [0.15, 0.2) is 24.3 Å². The summed E-state index contributed by atoms with van der Waals surface area (Å²) in [6.45, 7) is 2.11. The van der Waals surface area contributed by atoms with Crippen molar-refractivity contribution in [3.8, 4) is 0 Å². The van der Waals surface area contributed by atoms with E-state index in [0.29, 0.717) is 19.6 Å². The number of aliphatic carboxylic acids is 2. The van der Waals surface area contributed by atoms with Crippen molar-refractivity contribution in [2.75, 3.05) is 39.5 Å². The lowest BCUT2D eigenvalue weighted by atomic mass is 10.4. The third-order valence-corrected chi connectivity index (χ3v) is 1.98. The van der Waals surface area contributed by atoms with Gasteiger partial charge in [0.15, 0.2) is 0 Å². The van der Waals surface area contributed by atoms with Crippen molar-refractivity contribution in [1.82, 2.24) is 0 Å². The first-order valence-electron chi connectivity index (χ1n) is 5.92. The molecule has 0 aliphatic carbocycles. The monoisotopic (exact) mass is 291 g/mol. The average Bonchev–Trinajstić information content (AvgIpc) is 2.36. The topological polar surface area (TPSA) is 143 Å². The minimum atomic E-state index is -1.35. The summed E-state index contributed by atoms with van der Waals surface area (Å²) in [5.41, 5.74) is 0. The van der Waals surface area contributed by atoms with Crippen LogP contribution in [0.3, 0.4) is 0 Å². The second-order valence-corrected chi connectivity index (χ2v) is 3.55. The molecule has 8 heteroatoms. The highest BCUT2D eigenvalue weighted by Gasteiger charge is 2.03. The standard InChI is InChI=1S/C6H15NO3.C6H6O4/c8-4-1-7(2-5-9)3-6-10;7-5(8)3-1-2-4-6(9)10/h8-10H,1-6H2;1-4H,(H,7,8)(H,9,10)/b;3-1+,4-2+. The maximum Gasteiger partial charge on any atom is 0.328 e. The van der Waals surface area contributed by atoms with Crippen molar-refractivity contribution in [2.45, 2.75) is 0 Å². The maximum atomic E-state index is 9.76. The Balaban J connectivity index is 0. The lowest BCUT2D eigenvalue weighted by molar-refractivity contribution is -0.901. The summed E-state index contributed by atoms with van der Waals surface area (Å²) in [5, 5.41) is 43.2. The van der Waals surface area contributed by atoms with Crippen LogP contribution >= 0.6 is 0 Å². The fraction of sp³-hybridized carbons (Fsp3) is 0.500. The molecule has 0 aromatic carbocycles. The molecule has 0 unspecified atom stereocenters. The van der Waals surface area contributed by atoms with E-state index in [0.717, 1.165) is 29.2 Å². The lowest BCUT2D eigenvalue weighted by Gasteiger charge is -2.15. The molecule has 20 heavy (non-hydrogen) atoms. The van der Waals surface area contributed by atoms with Crippen LogP contribution in [0, 0.1) is 0 Å². The van der Waals surface area contributed by atoms with E-state index in [1.54, 1.807) is 0 Å². The van der Waals surface area contributed by atoms with E-state index in [1.165, 1.54) is 0 Å². The van der Waals surface area contributed by atoms with Gasteiger partial charge in [-0.3, -0.25) is 0 Å². The fourth-order valence-corrected chi connectivity index (χ4v) is 1.12. The molecule has 0 spiro atoms. The van der Waals surface area contributed by atoms with Gasteiger partial charge in [-0.2, -0.15) is 0 Å². The van der Waals surface area contributed by atoms with Gasteiger partial charge in [-0.25, -0.2) is 4.79 Å². The maximum absolute atomic E-state index is 9.76. The Bertz CT molecular complexity index is 279. The zero-order chi connectivity index (χ0) is 15.8. The molecule has 5 N–H and O–H groups in total.